The van der Waals surface area contributed by atoms with Gasteiger partial charge in [-0.25, -0.2) is 4.39 Å². The lowest BCUT2D eigenvalue weighted by Crippen LogP contribution is -2.32. The van der Waals surface area contributed by atoms with Crippen molar-refractivity contribution >= 4 is 15.9 Å². The molecule has 1 saturated heterocycles. The lowest BCUT2D eigenvalue weighted by Gasteiger charge is -2.23. The second-order valence-corrected chi connectivity index (χ2v) is 4.91. The highest BCUT2D eigenvalue weighted by Gasteiger charge is 2.14. The first-order valence-corrected chi connectivity index (χ1v) is 6.31. The third-order valence-corrected chi connectivity index (χ3v) is 3.26. The summed E-state index contributed by atoms with van der Waals surface area (Å²) in [5.74, 6) is -0.197. The lowest BCUT2D eigenvalue weighted by atomic mass is 10.1. The highest BCUT2D eigenvalue weighted by atomic mass is 79.9. The summed E-state index contributed by atoms with van der Waals surface area (Å²) in [4.78, 5) is 0. The Morgan fingerprint density at radius 3 is 2.88 bits per heavy atom. The molecule has 1 N–H and O–H groups in total. The van der Waals surface area contributed by atoms with Gasteiger partial charge in [-0.05, 0) is 44.1 Å². The van der Waals surface area contributed by atoms with E-state index in [0.717, 1.165) is 30.4 Å². The Labute approximate surface area is 103 Å². The van der Waals surface area contributed by atoms with Crippen LogP contribution in [0.5, 0.6) is 0 Å². The van der Waals surface area contributed by atoms with Crippen molar-refractivity contribution in [1.82, 2.24) is 5.32 Å². The quantitative estimate of drug-likeness (QED) is 0.923. The van der Waals surface area contributed by atoms with Crippen LogP contribution in [0.3, 0.4) is 0 Å². The van der Waals surface area contributed by atoms with E-state index in [0.29, 0.717) is 12.2 Å². The fourth-order valence-corrected chi connectivity index (χ4v) is 2.23. The number of ether oxygens (including phenoxy) is 1. The first-order valence-electron chi connectivity index (χ1n) is 5.52. The van der Waals surface area contributed by atoms with Gasteiger partial charge in [-0.2, -0.15) is 0 Å². The number of halogens is 2. The standard InChI is InChI=1S/C12H15BrFNO/c13-10-1-2-12(14)9(7-10)8-16-11-3-5-15-6-4-11/h1-2,7,11,15H,3-6,8H2. The average Bonchev–Trinajstić information content (AvgIpc) is 2.32. The van der Waals surface area contributed by atoms with E-state index in [1.807, 2.05) is 0 Å². The molecule has 1 aliphatic rings. The molecule has 0 saturated carbocycles. The molecule has 1 fully saturated rings. The zero-order valence-corrected chi connectivity index (χ0v) is 10.6. The molecule has 4 heteroatoms. The Kier molecular flexibility index (Phi) is 4.32. The summed E-state index contributed by atoms with van der Waals surface area (Å²) in [5, 5.41) is 3.27. The summed E-state index contributed by atoms with van der Waals surface area (Å²) in [6.45, 7) is 2.34. The van der Waals surface area contributed by atoms with Gasteiger partial charge in [0, 0.05) is 10.0 Å². The van der Waals surface area contributed by atoms with Crippen molar-refractivity contribution in [2.75, 3.05) is 13.1 Å². The lowest BCUT2D eigenvalue weighted by molar-refractivity contribution is 0.0199. The first-order chi connectivity index (χ1) is 7.75. The van der Waals surface area contributed by atoms with Crippen molar-refractivity contribution < 1.29 is 9.13 Å². The molecule has 0 amide bonds. The van der Waals surface area contributed by atoms with Crippen LogP contribution in [-0.2, 0) is 11.3 Å². The van der Waals surface area contributed by atoms with Crippen molar-refractivity contribution in [3.8, 4) is 0 Å². The van der Waals surface area contributed by atoms with E-state index in [2.05, 4.69) is 21.2 Å². The maximum absolute atomic E-state index is 13.4. The molecular formula is C12H15BrFNO. The van der Waals surface area contributed by atoms with Gasteiger partial charge in [0.15, 0.2) is 0 Å². The Balaban J connectivity index is 1.90. The maximum atomic E-state index is 13.4. The number of nitrogens with one attached hydrogen (secondary N) is 1. The highest BCUT2D eigenvalue weighted by Crippen LogP contribution is 2.18. The molecule has 0 radical (unpaired) electrons. The fourth-order valence-electron chi connectivity index (χ4n) is 1.82. The predicted molar refractivity (Wildman–Crippen MR) is 64.8 cm³/mol. The Bertz CT molecular complexity index is 353. The predicted octanol–water partition coefficient (Wildman–Crippen LogP) is 2.86. The van der Waals surface area contributed by atoms with E-state index >= 15 is 0 Å². The van der Waals surface area contributed by atoms with E-state index in [1.165, 1.54) is 6.07 Å². The molecule has 1 heterocycles. The second-order valence-electron chi connectivity index (χ2n) is 4.00. The third-order valence-electron chi connectivity index (χ3n) is 2.77. The summed E-state index contributed by atoms with van der Waals surface area (Å²) in [7, 11) is 0. The largest absolute Gasteiger partial charge is 0.373 e. The van der Waals surface area contributed by atoms with Gasteiger partial charge >= 0.3 is 0 Å². The molecule has 0 aromatic heterocycles. The van der Waals surface area contributed by atoms with Gasteiger partial charge in [0.1, 0.15) is 5.82 Å². The molecule has 1 aromatic rings. The van der Waals surface area contributed by atoms with Crippen LogP contribution in [0.4, 0.5) is 4.39 Å². The van der Waals surface area contributed by atoms with Crippen LogP contribution in [0.2, 0.25) is 0 Å². The number of hydrogen-bond acceptors (Lipinski definition) is 2. The van der Waals surface area contributed by atoms with Crippen molar-refractivity contribution in [2.24, 2.45) is 0 Å². The Morgan fingerprint density at radius 1 is 1.38 bits per heavy atom. The summed E-state index contributed by atoms with van der Waals surface area (Å²) in [6.07, 6.45) is 2.28. The van der Waals surface area contributed by atoms with Crippen LogP contribution in [0, 0.1) is 5.82 Å². The molecule has 0 atom stereocenters. The second kappa shape index (κ2) is 5.75. The molecule has 2 nitrogen and oxygen atoms in total. The number of benzene rings is 1. The molecule has 0 spiro atoms. The van der Waals surface area contributed by atoms with Gasteiger partial charge in [0.2, 0.25) is 0 Å². The summed E-state index contributed by atoms with van der Waals surface area (Å²) >= 11 is 3.33. The van der Waals surface area contributed by atoms with Gasteiger partial charge in [-0.15, -0.1) is 0 Å². The Morgan fingerprint density at radius 2 is 2.12 bits per heavy atom. The summed E-state index contributed by atoms with van der Waals surface area (Å²) in [6, 6.07) is 4.94. The van der Waals surface area contributed by atoms with Gasteiger partial charge in [0.05, 0.1) is 12.7 Å². The molecule has 0 unspecified atom stereocenters. The van der Waals surface area contributed by atoms with E-state index in [-0.39, 0.29) is 11.9 Å². The minimum atomic E-state index is -0.197. The van der Waals surface area contributed by atoms with Gasteiger partial charge in [0.25, 0.3) is 0 Å². The Hall–Kier alpha value is -0.450. The minimum absolute atomic E-state index is 0.197. The zero-order chi connectivity index (χ0) is 11.4. The molecule has 0 bridgehead atoms. The minimum Gasteiger partial charge on any atom is -0.373 e. The van der Waals surface area contributed by atoms with Crippen LogP contribution >= 0.6 is 15.9 Å². The fraction of sp³-hybridized carbons (Fsp3) is 0.500. The van der Waals surface area contributed by atoms with Crippen LogP contribution < -0.4 is 5.32 Å². The smallest absolute Gasteiger partial charge is 0.128 e. The summed E-state index contributed by atoms with van der Waals surface area (Å²) in [5.41, 5.74) is 0.618. The van der Waals surface area contributed by atoms with E-state index in [1.54, 1.807) is 12.1 Å². The molecule has 2 rings (SSSR count). The molecule has 0 aliphatic carbocycles. The van der Waals surface area contributed by atoms with Crippen LogP contribution in [-0.4, -0.2) is 19.2 Å². The zero-order valence-electron chi connectivity index (χ0n) is 9.01. The molecule has 1 aromatic carbocycles. The van der Waals surface area contributed by atoms with Crippen LogP contribution in [0.1, 0.15) is 18.4 Å². The van der Waals surface area contributed by atoms with Gasteiger partial charge in [-0.1, -0.05) is 15.9 Å². The average molecular weight is 288 g/mol. The van der Waals surface area contributed by atoms with Crippen molar-refractivity contribution in [3.05, 3.63) is 34.1 Å². The van der Waals surface area contributed by atoms with Gasteiger partial charge in [-0.3, -0.25) is 0 Å². The third kappa shape index (κ3) is 3.27. The first kappa shape index (κ1) is 12.0. The van der Waals surface area contributed by atoms with Crippen molar-refractivity contribution in [2.45, 2.75) is 25.6 Å². The molecule has 1 aliphatic heterocycles. The molecular weight excluding hydrogens is 273 g/mol. The molecule has 88 valence electrons. The normalized spacial score (nSPS) is 17.6. The number of rotatable bonds is 3. The summed E-state index contributed by atoms with van der Waals surface area (Å²) < 4.78 is 20.0. The van der Waals surface area contributed by atoms with Crippen LogP contribution in [0.25, 0.3) is 0 Å². The SMILES string of the molecule is Fc1ccc(Br)cc1COC1CCNCC1. The van der Waals surface area contributed by atoms with E-state index in [4.69, 9.17) is 4.74 Å². The highest BCUT2D eigenvalue weighted by molar-refractivity contribution is 9.10. The van der Waals surface area contributed by atoms with Crippen molar-refractivity contribution in [1.29, 1.82) is 0 Å². The monoisotopic (exact) mass is 287 g/mol. The van der Waals surface area contributed by atoms with Gasteiger partial charge < -0.3 is 10.1 Å². The number of piperidine rings is 1. The van der Waals surface area contributed by atoms with Crippen molar-refractivity contribution in [3.63, 3.8) is 0 Å². The van der Waals surface area contributed by atoms with Crippen LogP contribution in [0.15, 0.2) is 22.7 Å². The maximum Gasteiger partial charge on any atom is 0.128 e. The number of hydrogen-bond donors (Lipinski definition) is 1. The molecule has 16 heavy (non-hydrogen) atoms. The van der Waals surface area contributed by atoms with E-state index < -0.39 is 0 Å². The topological polar surface area (TPSA) is 21.3 Å². The van der Waals surface area contributed by atoms with E-state index in [9.17, 15) is 4.39 Å².